The molecule has 0 spiro atoms. The van der Waals surface area contributed by atoms with Gasteiger partial charge in [0.25, 0.3) is 5.24 Å². The van der Waals surface area contributed by atoms with E-state index in [0.29, 0.717) is 11.9 Å². The van der Waals surface area contributed by atoms with Gasteiger partial charge in [-0.3, -0.25) is 9.59 Å². The molecule has 0 fully saturated rings. The number of pyridine rings is 1. The van der Waals surface area contributed by atoms with Crippen molar-refractivity contribution in [3.05, 3.63) is 46.2 Å². The fourth-order valence-corrected chi connectivity index (χ4v) is 1.82. The molecule has 0 aliphatic heterocycles. The van der Waals surface area contributed by atoms with Gasteiger partial charge in [0.05, 0.1) is 5.56 Å². The number of rotatable bonds is 2. The van der Waals surface area contributed by atoms with E-state index in [4.69, 9.17) is 11.6 Å². The topological polar surface area (TPSA) is 39.1 Å². The van der Waals surface area contributed by atoms with Crippen LogP contribution in [0.4, 0.5) is 0 Å². The fourth-order valence-electron chi connectivity index (χ4n) is 1.68. The zero-order valence-electron chi connectivity index (χ0n) is 9.24. The molecule has 1 heterocycles. The molecule has 2 aromatic rings. The van der Waals surface area contributed by atoms with Crippen molar-refractivity contribution in [1.82, 2.24) is 4.57 Å². The zero-order valence-corrected chi connectivity index (χ0v) is 12.8. The summed E-state index contributed by atoms with van der Waals surface area (Å²) in [5.74, 6) is 0. The minimum Gasteiger partial charge on any atom is -0.400 e. The van der Waals surface area contributed by atoms with Gasteiger partial charge in [-0.25, -0.2) is 0 Å². The summed E-state index contributed by atoms with van der Waals surface area (Å²) in [6.45, 7) is 2.59. The zero-order chi connectivity index (χ0) is 11.7. The second-order valence-electron chi connectivity index (χ2n) is 3.37. The smallest absolute Gasteiger partial charge is 0.257 e. The largest absolute Gasteiger partial charge is 0.400 e. The van der Waals surface area contributed by atoms with E-state index >= 15 is 0 Å². The number of benzene rings is 1. The van der Waals surface area contributed by atoms with Crippen LogP contribution in [0, 0.1) is 6.07 Å². The van der Waals surface area contributed by atoms with Crippen molar-refractivity contribution in [1.29, 1.82) is 0 Å². The van der Waals surface area contributed by atoms with Crippen LogP contribution in [-0.2, 0) is 39.3 Å². The molecule has 1 aromatic carbocycles. The van der Waals surface area contributed by atoms with Gasteiger partial charge in [-0.1, -0.05) is 10.9 Å². The second-order valence-corrected chi connectivity index (χ2v) is 3.72. The molecule has 0 N–H and O–H groups in total. The van der Waals surface area contributed by atoms with E-state index in [1.165, 1.54) is 6.20 Å². The summed E-state index contributed by atoms with van der Waals surface area (Å²) < 4.78 is 1.81. The quantitative estimate of drug-likeness (QED) is 0.628. The van der Waals surface area contributed by atoms with Crippen LogP contribution in [0.1, 0.15) is 17.3 Å². The van der Waals surface area contributed by atoms with Crippen molar-refractivity contribution in [2.24, 2.45) is 0 Å². The van der Waals surface area contributed by atoms with Gasteiger partial charge >= 0.3 is 0 Å². The summed E-state index contributed by atoms with van der Waals surface area (Å²) in [5.41, 5.74) is 0.451. The summed E-state index contributed by atoms with van der Waals surface area (Å²) in [5, 5.41) is -0.228. The molecule has 3 nitrogen and oxygen atoms in total. The van der Waals surface area contributed by atoms with Crippen LogP contribution in [0.3, 0.4) is 0 Å². The summed E-state index contributed by atoms with van der Waals surface area (Å²) in [6.07, 6.45) is 1.49. The first-order chi connectivity index (χ1) is 7.65. The molecule has 0 aliphatic carbocycles. The Bertz CT molecular complexity index is 621. The standard InChI is InChI=1S/C12H9ClNO2.Y/c1-2-14-7-9(12(13)16)11(15)8-5-3-4-6-10(8)14;/h3,5-7H,2H2,1H3;/q-1;. The number of aromatic nitrogens is 1. The van der Waals surface area contributed by atoms with E-state index < -0.39 is 5.24 Å². The average Bonchev–Trinajstić information content (AvgIpc) is 2.29. The molecule has 2 rings (SSSR count). The van der Waals surface area contributed by atoms with E-state index in [9.17, 15) is 9.59 Å². The second kappa shape index (κ2) is 5.90. The van der Waals surface area contributed by atoms with Crippen molar-refractivity contribution >= 4 is 27.7 Å². The number of carbonyl (C=O) groups excluding carboxylic acids is 1. The van der Waals surface area contributed by atoms with E-state index in [-0.39, 0.29) is 43.7 Å². The molecular weight excluding hydrogens is 314 g/mol. The Balaban J connectivity index is 0.00000144. The van der Waals surface area contributed by atoms with E-state index in [1.807, 2.05) is 11.5 Å². The van der Waals surface area contributed by atoms with Crippen LogP contribution in [0.2, 0.25) is 0 Å². The molecule has 0 atom stereocenters. The van der Waals surface area contributed by atoms with Crippen molar-refractivity contribution in [3.63, 3.8) is 0 Å². The monoisotopic (exact) mass is 323 g/mol. The maximum absolute atomic E-state index is 11.9. The summed E-state index contributed by atoms with van der Waals surface area (Å²) >= 11 is 5.38. The van der Waals surface area contributed by atoms with E-state index in [0.717, 1.165) is 5.52 Å². The Morgan fingerprint density at radius 2 is 2.24 bits per heavy atom. The molecule has 5 heteroatoms. The first kappa shape index (κ1) is 14.6. The Hall–Kier alpha value is -0.506. The van der Waals surface area contributed by atoms with Gasteiger partial charge in [-0.2, -0.15) is 24.3 Å². The van der Waals surface area contributed by atoms with Crippen LogP contribution in [0.25, 0.3) is 10.9 Å². The maximum Gasteiger partial charge on any atom is 0.257 e. The van der Waals surface area contributed by atoms with Gasteiger partial charge < -0.3 is 4.57 Å². The number of hydrogen-bond donors (Lipinski definition) is 0. The Morgan fingerprint density at radius 1 is 1.53 bits per heavy atom. The molecule has 0 saturated heterocycles. The van der Waals surface area contributed by atoms with Crippen molar-refractivity contribution in [2.45, 2.75) is 13.5 Å². The Morgan fingerprint density at radius 3 is 2.82 bits per heavy atom. The molecule has 1 aromatic heterocycles. The van der Waals surface area contributed by atoms with E-state index in [2.05, 4.69) is 6.07 Å². The van der Waals surface area contributed by atoms with Crippen LogP contribution in [0.15, 0.2) is 29.2 Å². The van der Waals surface area contributed by atoms with Gasteiger partial charge in [0, 0.05) is 45.5 Å². The van der Waals surface area contributed by atoms with Crippen molar-refractivity contribution < 1.29 is 37.5 Å². The molecule has 0 saturated carbocycles. The molecular formula is C12H9ClNO2Y-. The molecule has 0 unspecified atom stereocenters. The predicted molar refractivity (Wildman–Crippen MR) is 62.9 cm³/mol. The third-order valence-corrected chi connectivity index (χ3v) is 2.68. The van der Waals surface area contributed by atoms with E-state index in [1.54, 1.807) is 18.2 Å². The molecule has 0 bridgehead atoms. The minimum absolute atomic E-state index is 0. The summed E-state index contributed by atoms with van der Waals surface area (Å²) in [6, 6.07) is 7.92. The normalized spacial score (nSPS) is 10.0. The molecule has 85 valence electrons. The van der Waals surface area contributed by atoms with Crippen LogP contribution >= 0.6 is 11.6 Å². The molecule has 17 heavy (non-hydrogen) atoms. The third-order valence-electron chi connectivity index (χ3n) is 2.48. The molecule has 0 amide bonds. The third kappa shape index (κ3) is 2.67. The van der Waals surface area contributed by atoms with Gasteiger partial charge in [0.15, 0.2) is 5.43 Å². The first-order valence-electron chi connectivity index (χ1n) is 4.88. The van der Waals surface area contributed by atoms with Crippen molar-refractivity contribution in [3.8, 4) is 0 Å². The SMILES string of the molecule is CCn1cc(C(=O)Cl)c(=O)c2cc[c-]cc21.[Y]. The fraction of sp³-hybridized carbons (Fsp3) is 0.167. The Kier molecular flexibility index (Phi) is 5.05. The predicted octanol–water partition coefficient (Wildman–Crippen LogP) is 2.20. The summed E-state index contributed by atoms with van der Waals surface area (Å²) in [4.78, 5) is 23.0. The first-order valence-corrected chi connectivity index (χ1v) is 5.26. The number of hydrogen-bond acceptors (Lipinski definition) is 2. The van der Waals surface area contributed by atoms with Crippen molar-refractivity contribution in [2.75, 3.05) is 0 Å². The number of carbonyl (C=O) groups is 1. The van der Waals surface area contributed by atoms with Gasteiger partial charge in [-0.15, -0.1) is 0 Å². The number of nitrogens with zero attached hydrogens (tertiary/aromatic N) is 1. The van der Waals surface area contributed by atoms with Crippen LogP contribution in [0.5, 0.6) is 0 Å². The summed E-state index contributed by atoms with van der Waals surface area (Å²) in [7, 11) is 0. The maximum atomic E-state index is 11.9. The van der Waals surface area contributed by atoms with Crippen LogP contribution < -0.4 is 5.43 Å². The number of fused-ring (bicyclic) bond motifs is 1. The minimum atomic E-state index is -0.720. The molecule has 1 radical (unpaired) electrons. The van der Waals surface area contributed by atoms with Gasteiger partial charge in [-0.05, 0) is 18.5 Å². The Labute approximate surface area is 129 Å². The van der Waals surface area contributed by atoms with Gasteiger partial charge in [0.1, 0.15) is 0 Å². The number of aryl methyl sites for hydroxylation is 1. The molecule has 0 aliphatic rings. The van der Waals surface area contributed by atoms with Gasteiger partial charge in [0.2, 0.25) is 0 Å². The number of halogens is 1. The average molecular weight is 324 g/mol. The van der Waals surface area contributed by atoms with Crippen LogP contribution in [-0.4, -0.2) is 9.81 Å².